The number of urea groups is 1. The number of hydrogen-bond donors (Lipinski definition) is 2. The summed E-state index contributed by atoms with van der Waals surface area (Å²) in [6.07, 6.45) is 0.959. The third-order valence-corrected chi connectivity index (χ3v) is 4.96. The summed E-state index contributed by atoms with van der Waals surface area (Å²) in [5, 5.41) is 9.61. The van der Waals surface area contributed by atoms with Gasteiger partial charge in [0.05, 0.1) is 5.69 Å². The van der Waals surface area contributed by atoms with Crippen LogP contribution in [0.25, 0.3) is 17.1 Å². The van der Waals surface area contributed by atoms with Crippen LogP contribution in [0.15, 0.2) is 48.5 Å². The molecular formula is C21H21N5O2. The molecule has 0 unspecified atom stereocenters. The molecule has 0 spiro atoms. The molecule has 1 saturated heterocycles. The lowest BCUT2D eigenvalue weighted by Gasteiger charge is -2.10. The van der Waals surface area contributed by atoms with E-state index < -0.39 is 12.1 Å². The molecule has 7 nitrogen and oxygen atoms in total. The Bertz CT molecular complexity index is 1040. The van der Waals surface area contributed by atoms with E-state index in [1.807, 2.05) is 41.1 Å². The van der Waals surface area contributed by atoms with Gasteiger partial charge in [0.25, 0.3) is 5.91 Å². The van der Waals surface area contributed by atoms with Gasteiger partial charge in [-0.05, 0) is 43.5 Å². The molecule has 1 fully saturated rings. The van der Waals surface area contributed by atoms with Crippen molar-refractivity contribution in [1.29, 1.82) is 0 Å². The summed E-state index contributed by atoms with van der Waals surface area (Å²) in [6.45, 7) is 4.13. The highest BCUT2D eigenvalue weighted by Gasteiger charge is 2.29. The summed E-state index contributed by atoms with van der Waals surface area (Å²) in [5.74, 6) is 1.08. The van der Waals surface area contributed by atoms with Crippen LogP contribution in [0.3, 0.4) is 0 Å². The van der Waals surface area contributed by atoms with Gasteiger partial charge in [0, 0.05) is 12.0 Å². The van der Waals surface area contributed by atoms with Gasteiger partial charge in [0.15, 0.2) is 5.82 Å². The van der Waals surface area contributed by atoms with E-state index in [4.69, 9.17) is 10.1 Å². The van der Waals surface area contributed by atoms with Crippen molar-refractivity contribution in [3.8, 4) is 17.1 Å². The lowest BCUT2D eigenvalue weighted by molar-refractivity contribution is -0.120. The fourth-order valence-corrected chi connectivity index (χ4v) is 3.22. The SMILES string of the molecule is Cc1ccc(-n2nc(-c3ccccc3)nc2CC[C@@H]2NC(=O)NC2=O)cc1C. The topological polar surface area (TPSA) is 88.9 Å². The van der Waals surface area contributed by atoms with Crippen LogP contribution in [0, 0.1) is 13.8 Å². The summed E-state index contributed by atoms with van der Waals surface area (Å²) >= 11 is 0. The molecule has 0 aliphatic carbocycles. The van der Waals surface area contributed by atoms with E-state index in [-0.39, 0.29) is 5.91 Å². The van der Waals surface area contributed by atoms with E-state index in [9.17, 15) is 9.59 Å². The van der Waals surface area contributed by atoms with Crippen molar-refractivity contribution >= 4 is 11.9 Å². The molecule has 2 heterocycles. The van der Waals surface area contributed by atoms with Crippen LogP contribution in [0.4, 0.5) is 4.79 Å². The molecule has 0 saturated carbocycles. The third kappa shape index (κ3) is 3.51. The maximum Gasteiger partial charge on any atom is 0.322 e. The van der Waals surface area contributed by atoms with Crippen LogP contribution in [0.2, 0.25) is 0 Å². The Morgan fingerprint density at radius 1 is 1.04 bits per heavy atom. The molecule has 142 valence electrons. The van der Waals surface area contributed by atoms with Crippen LogP contribution in [-0.4, -0.2) is 32.7 Å². The standard InChI is InChI=1S/C21H21N5O2/c1-13-8-9-16(12-14(13)2)26-18(11-10-17-20(27)24-21(28)22-17)23-19(25-26)15-6-4-3-5-7-15/h3-9,12,17H,10-11H2,1-2H3,(H2,22,24,27,28)/t17-/m0/s1. The molecule has 7 heteroatoms. The lowest BCUT2D eigenvalue weighted by atomic mass is 10.1. The normalized spacial score (nSPS) is 16.1. The number of carbonyl (C=O) groups excluding carboxylic acids is 2. The summed E-state index contributed by atoms with van der Waals surface area (Å²) in [4.78, 5) is 27.9. The first-order valence-corrected chi connectivity index (χ1v) is 9.21. The van der Waals surface area contributed by atoms with Crippen molar-refractivity contribution < 1.29 is 9.59 Å². The van der Waals surface area contributed by atoms with Crippen molar-refractivity contribution in [2.45, 2.75) is 32.7 Å². The molecule has 2 N–H and O–H groups in total. The summed E-state index contributed by atoms with van der Waals surface area (Å²) in [6, 6.07) is 14.9. The number of nitrogens with one attached hydrogen (secondary N) is 2. The largest absolute Gasteiger partial charge is 0.326 e. The van der Waals surface area contributed by atoms with Gasteiger partial charge >= 0.3 is 6.03 Å². The zero-order valence-electron chi connectivity index (χ0n) is 15.8. The van der Waals surface area contributed by atoms with E-state index in [1.165, 1.54) is 11.1 Å². The molecule has 0 bridgehead atoms. The first-order chi connectivity index (χ1) is 13.5. The van der Waals surface area contributed by atoms with Crippen molar-refractivity contribution in [2.75, 3.05) is 0 Å². The van der Waals surface area contributed by atoms with Gasteiger partial charge in [-0.1, -0.05) is 36.4 Å². The molecule has 0 radical (unpaired) electrons. The van der Waals surface area contributed by atoms with Gasteiger partial charge in [0.2, 0.25) is 0 Å². The fraction of sp³-hybridized carbons (Fsp3) is 0.238. The average Bonchev–Trinajstić information content (AvgIpc) is 3.25. The zero-order valence-corrected chi connectivity index (χ0v) is 15.8. The predicted molar refractivity (Wildman–Crippen MR) is 105 cm³/mol. The van der Waals surface area contributed by atoms with Crippen LogP contribution < -0.4 is 10.6 Å². The number of hydrogen-bond acceptors (Lipinski definition) is 4. The van der Waals surface area contributed by atoms with Gasteiger partial charge in [-0.25, -0.2) is 14.5 Å². The Kier molecular flexibility index (Phi) is 4.65. The van der Waals surface area contributed by atoms with Crippen LogP contribution in [-0.2, 0) is 11.2 Å². The van der Waals surface area contributed by atoms with E-state index in [1.54, 1.807) is 0 Å². The minimum Gasteiger partial charge on any atom is -0.326 e. The van der Waals surface area contributed by atoms with E-state index in [0.717, 1.165) is 17.1 Å². The number of carbonyl (C=O) groups is 2. The van der Waals surface area contributed by atoms with E-state index >= 15 is 0 Å². The number of amides is 3. The van der Waals surface area contributed by atoms with Crippen LogP contribution in [0.5, 0.6) is 0 Å². The second-order valence-electron chi connectivity index (χ2n) is 6.95. The number of nitrogens with zero attached hydrogens (tertiary/aromatic N) is 3. The second-order valence-corrected chi connectivity index (χ2v) is 6.95. The van der Waals surface area contributed by atoms with Crippen molar-refractivity contribution in [3.63, 3.8) is 0 Å². The van der Waals surface area contributed by atoms with Crippen LogP contribution in [0.1, 0.15) is 23.4 Å². The Hall–Kier alpha value is -3.48. The first-order valence-electron chi connectivity index (χ1n) is 9.21. The van der Waals surface area contributed by atoms with Crippen LogP contribution >= 0.6 is 0 Å². The molecule has 1 aliphatic heterocycles. The second kappa shape index (κ2) is 7.26. The Labute approximate surface area is 162 Å². The highest BCUT2D eigenvalue weighted by atomic mass is 16.2. The number of imide groups is 1. The maximum atomic E-state index is 11.8. The van der Waals surface area contributed by atoms with Crippen molar-refractivity contribution in [2.24, 2.45) is 0 Å². The Morgan fingerprint density at radius 2 is 1.82 bits per heavy atom. The number of benzene rings is 2. The summed E-state index contributed by atoms with van der Waals surface area (Å²) in [7, 11) is 0. The fourth-order valence-electron chi connectivity index (χ4n) is 3.22. The van der Waals surface area contributed by atoms with E-state index in [2.05, 4.69) is 36.6 Å². The zero-order chi connectivity index (χ0) is 19.7. The van der Waals surface area contributed by atoms with Gasteiger partial charge in [-0.15, -0.1) is 5.10 Å². The molecule has 4 rings (SSSR count). The first kappa shape index (κ1) is 17.9. The molecular weight excluding hydrogens is 354 g/mol. The monoisotopic (exact) mass is 375 g/mol. The quantitative estimate of drug-likeness (QED) is 0.671. The molecule has 1 aromatic heterocycles. The summed E-state index contributed by atoms with van der Waals surface area (Å²) in [5.41, 5.74) is 4.23. The molecule has 3 amide bonds. The lowest BCUT2D eigenvalue weighted by Crippen LogP contribution is -2.29. The van der Waals surface area contributed by atoms with E-state index in [0.29, 0.717) is 18.7 Å². The number of rotatable bonds is 5. The maximum absolute atomic E-state index is 11.8. The van der Waals surface area contributed by atoms with Gasteiger partial charge in [0.1, 0.15) is 11.9 Å². The highest BCUT2D eigenvalue weighted by molar-refractivity contribution is 6.04. The van der Waals surface area contributed by atoms with Crippen molar-refractivity contribution in [3.05, 3.63) is 65.5 Å². The molecule has 2 aromatic carbocycles. The van der Waals surface area contributed by atoms with Crippen molar-refractivity contribution in [1.82, 2.24) is 25.4 Å². The molecule has 1 aliphatic rings. The average molecular weight is 375 g/mol. The Morgan fingerprint density at radius 3 is 2.50 bits per heavy atom. The molecule has 1 atom stereocenters. The van der Waals surface area contributed by atoms with Gasteiger partial charge in [-0.2, -0.15) is 0 Å². The molecule has 28 heavy (non-hydrogen) atoms. The minimum atomic E-state index is -0.544. The highest BCUT2D eigenvalue weighted by Crippen LogP contribution is 2.21. The number of aryl methyl sites for hydroxylation is 3. The predicted octanol–water partition coefficient (Wildman–Crippen LogP) is 2.69. The number of aromatic nitrogens is 3. The third-order valence-electron chi connectivity index (χ3n) is 4.96. The summed E-state index contributed by atoms with van der Waals surface area (Å²) < 4.78 is 1.82. The Balaban J connectivity index is 1.68. The van der Waals surface area contributed by atoms with Gasteiger partial charge in [-0.3, -0.25) is 10.1 Å². The van der Waals surface area contributed by atoms with Gasteiger partial charge < -0.3 is 5.32 Å². The minimum absolute atomic E-state index is 0.300. The smallest absolute Gasteiger partial charge is 0.322 e. The molecule has 3 aromatic rings.